The van der Waals surface area contributed by atoms with E-state index in [-0.39, 0.29) is 6.04 Å². The van der Waals surface area contributed by atoms with Crippen LogP contribution in [0.2, 0.25) is 0 Å². The van der Waals surface area contributed by atoms with Crippen molar-refractivity contribution in [1.29, 1.82) is 0 Å². The monoisotopic (exact) mass is 212 g/mol. The average molecular weight is 212 g/mol. The van der Waals surface area contributed by atoms with Crippen LogP contribution in [-0.2, 0) is 6.42 Å². The zero-order valence-electron chi connectivity index (χ0n) is 9.43. The van der Waals surface area contributed by atoms with Crippen LogP contribution in [0.25, 0.3) is 0 Å². The minimum atomic E-state index is 0.0236. The van der Waals surface area contributed by atoms with E-state index in [2.05, 4.69) is 36.2 Å². The van der Waals surface area contributed by atoms with E-state index in [1.807, 2.05) is 18.2 Å². The second-order valence-electron chi connectivity index (χ2n) is 4.04. The lowest BCUT2D eigenvalue weighted by atomic mass is 10.0. The van der Waals surface area contributed by atoms with Gasteiger partial charge in [0.25, 0.3) is 0 Å². The van der Waals surface area contributed by atoms with Gasteiger partial charge in [-0.25, -0.2) is 0 Å². The summed E-state index contributed by atoms with van der Waals surface area (Å²) in [5, 5.41) is 0. The number of benzene rings is 1. The maximum absolute atomic E-state index is 6.14. The van der Waals surface area contributed by atoms with Gasteiger partial charge in [-0.3, -0.25) is 4.98 Å². The van der Waals surface area contributed by atoms with Gasteiger partial charge in [0, 0.05) is 24.4 Å². The van der Waals surface area contributed by atoms with Gasteiger partial charge in [0.05, 0.1) is 0 Å². The number of hydrogen-bond acceptors (Lipinski definition) is 2. The van der Waals surface area contributed by atoms with Crippen LogP contribution in [0.3, 0.4) is 0 Å². The van der Waals surface area contributed by atoms with Gasteiger partial charge < -0.3 is 5.73 Å². The molecule has 0 radical (unpaired) electrons. The molecule has 2 N–H and O–H groups in total. The molecule has 0 amide bonds. The maximum Gasteiger partial charge on any atom is 0.0422 e. The Morgan fingerprint density at radius 3 is 2.50 bits per heavy atom. The summed E-state index contributed by atoms with van der Waals surface area (Å²) in [7, 11) is 0. The quantitative estimate of drug-likeness (QED) is 0.849. The van der Waals surface area contributed by atoms with Crippen molar-refractivity contribution in [3.8, 4) is 0 Å². The van der Waals surface area contributed by atoms with Gasteiger partial charge in [-0.2, -0.15) is 0 Å². The fourth-order valence-corrected chi connectivity index (χ4v) is 1.68. The fourth-order valence-electron chi connectivity index (χ4n) is 1.68. The third-order valence-corrected chi connectivity index (χ3v) is 2.66. The molecule has 16 heavy (non-hydrogen) atoms. The lowest BCUT2D eigenvalue weighted by molar-refractivity contribution is 0.706. The normalized spacial score (nSPS) is 12.4. The standard InChI is InChI=1S/C14H16N2/c1-11-5-7-12(8-6-11)14(15)10-13-4-2-3-9-16-13/h2-9,14H,10,15H2,1H3. The lowest BCUT2D eigenvalue weighted by Gasteiger charge is -2.11. The van der Waals surface area contributed by atoms with Crippen LogP contribution >= 0.6 is 0 Å². The van der Waals surface area contributed by atoms with E-state index >= 15 is 0 Å². The number of aryl methyl sites for hydroxylation is 1. The molecule has 1 unspecified atom stereocenters. The number of aromatic nitrogens is 1. The van der Waals surface area contributed by atoms with Gasteiger partial charge in [0.2, 0.25) is 0 Å². The van der Waals surface area contributed by atoms with Crippen LogP contribution in [0.5, 0.6) is 0 Å². The number of rotatable bonds is 3. The fraction of sp³-hybridized carbons (Fsp3) is 0.214. The van der Waals surface area contributed by atoms with Gasteiger partial charge >= 0.3 is 0 Å². The molecular weight excluding hydrogens is 196 g/mol. The third-order valence-electron chi connectivity index (χ3n) is 2.66. The van der Waals surface area contributed by atoms with Gasteiger partial charge in [-0.15, -0.1) is 0 Å². The van der Waals surface area contributed by atoms with Crippen molar-refractivity contribution in [1.82, 2.24) is 4.98 Å². The molecule has 82 valence electrons. The van der Waals surface area contributed by atoms with Crippen LogP contribution in [0, 0.1) is 6.92 Å². The number of hydrogen-bond donors (Lipinski definition) is 1. The molecular formula is C14H16N2. The third kappa shape index (κ3) is 2.67. The molecule has 0 fully saturated rings. The molecule has 1 atom stereocenters. The Morgan fingerprint density at radius 2 is 1.88 bits per heavy atom. The summed E-state index contributed by atoms with van der Waals surface area (Å²) in [5.41, 5.74) is 9.60. The van der Waals surface area contributed by atoms with Crippen molar-refractivity contribution in [2.24, 2.45) is 5.73 Å². The minimum Gasteiger partial charge on any atom is -0.324 e. The molecule has 1 heterocycles. The predicted molar refractivity (Wildman–Crippen MR) is 66.0 cm³/mol. The molecule has 2 aromatic rings. The second-order valence-corrected chi connectivity index (χ2v) is 4.04. The van der Waals surface area contributed by atoms with E-state index in [9.17, 15) is 0 Å². The van der Waals surface area contributed by atoms with Crippen molar-refractivity contribution in [3.63, 3.8) is 0 Å². The molecule has 2 nitrogen and oxygen atoms in total. The average Bonchev–Trinajstić information content (AvgIpc) is 2.31. The van der Waals surface area contributed by atoms with Crippen molar-refractivity contribution in [2.45, 2.75) is 19.4 Å². The number of nitrogens with zero attached hydrogens (tertiary/aromatic N) is 1. The van der Waals surface area contributed by atoms with Gasteiger partial charge in [0.1, 0.15) is 0 Å². The molecule has 1 aromatic carbocycles. The van der Waals surface area contributed by atoms with E-state index in [4.69, 9.17) is 5.73 Å². The molecule has 0 aliphatic heterocycles. The first-order valence-corrected chi connectivity index (χ1v) is 5.48. The number of nitrogens with two attached hydrogens (primary N) is 1. The zero-order valence-corrected chi connectivity index (χ0v) is 9.43. The Labute approximate surface area is 96.1 Å². The Bertz CT molecular complexity index is 434. The van der Waals surface area contributed by atoms with Crippen molar-refractivity contribution >= 4 is 0 Å². The van der Waals surface area contributed by atoms with E-state index in [0.717, 1.165) is 17.7 Å². The van der Waals surface area contributed by atoms with Gasteiger partial charge in [-0.1, -0.05) is 35.9 Å². The molecule has 0 saturated heterocycles. The van der Waals surface area contributed by atoms with Crippen molar-refractivity contribution in [2.75, 3.05) is 0 Å². The van der Waals surface area contributed by atoms with Crippen molar-refractivity contribution in [3.05, 3.63) is 65.5 Å². The Balaban J connectivity index is 2.09. The molecule has 2 heteroatoms. The maximum atomic E-state index is 6.14. The second kappa shape index (κ2) is 4.90. The number of pyridine rings is 1. The van der Waals surface area contributed by atoms with Gasteiger partial charge in [0.15, 0.2) is 0 Å². The van der Waals surface area contributed by atoms with E-state index in [1.54, 1.807) is 6.20 Å². The first kappa shape index (κ1) is 10.8. The van der Waals surface area contributed by atoms with E-state index in [0.29, 0.717) is 0 Å². The molecule has 0 saturated carbocycles. The van der Waals surface area contributed by atoms with E-state index in [1.165, 1.54) is 5.56 Å². The summed E-state index contributed by atoms with van der Waals surface area (Å²) in [5.74, 6) is 0. The topological polar surface area (TPSA) is 38.9 Å². The lowest BCUT2D eigenvalue weighted by Crippen LogP contribution is -2.13. The van der Waals surface area contributed by atoms with Crippen LogP contribution in [0.15, 0.2) is 48.7 Å². The van der Waals surface area contributed by atoms with Crippen LogP contribution in [0.1, 0.15) is 22.9 Å². The molecule has 0 aliphatic carbocycles. The summed E-state index contributed by atoms with van der Waals surface area (Å²) >= 11 is 0. The highest BCUT2D eigenvalue weighted by molar-refractivity contribution is 5.25. The molecule has 0 bridgehead atoms. The summed E-state index contributed by atoms with van der Waals surface area (Å²) in [6.45, 7) is 2.08. The van der Waals surface area contributed by atoms with Crippen LogP contribution in [0.4, 0.5) is 0 Å². The highest BCUT2D eigenvalue weighted by Gasteiger charge is 2.06. The Morgan fingerprint density at radius 1 is 1.12 bits per heavy atom. The largest absolute Gasteiger partial charge is 0.324 e. The highest BCUT2D eigenvalue weighted by atomic mass is 14.7. The van der Waals surface area contributed by atoms with Crippen LogP contribution in [-0.4, -0.2) is 4.98 Å². The smallest absolute Gasteiger partial charge is 0.0422 e. The highest BCUT2D eigenvalue weighted by Crippen LogP contribution is 2.15. The first-order valence-electron chi connectivity index (χ1n) is 5.48. The van der Waals surface area contributed by atoms with Gasteiger partial charge in [-0.05, 0) is 24.6 Å². The predicted octanol–water partition coefficient (Wildman–Crippen LogP) is 2.63. The van der Waals surface area contributed by atoms with Crippen molar-refractivity contribution < 1.29 is 0 Å². The van der Waals surface area contributed by atoms with E-state index < -0.39 is 0 Å². The first-order chi connectivity index (χ1) is 7.75. The Hall–Kier alpha value is -1.67. The Kier molecular flexibility index (Phi) is 3.32. The summed E-state index contributed by atoms with van der Waals surface area (Å²) in [6, 6.07) is 14.3. The summed E-state index contributed by atoms with van der Waals surface area (Å²) in [6.07, 6.45) is 2.58. The molecule has 0 spiro atoms. The zero-order chi connectivity index (χ0) is 11.4. The molecule has 2 rings (SSSR count). The molecule has 0 aliphatic rings. The molecule has 1 aromatic heterocycles. The SMILES string of the molecule is Cc1ccc(C(N)Cc2ccccn2)cc1. The minimum absolute atomic E-state index is 0.0236. The summed E-state index contributed by atoms with van der Waals surface area (Å²) in [4.78, 5) is 4.28. The van der Waals surface area contributed by atoms with Crippen LogP contribution < -0.4 is 5.73 Å². The summed E-state index contributed by atoms with van der Waals surface area (Å²) < 4.78 is 0.